The fourth-order valence-corrected chi connectivity index (χ4v) is 2.06. The number of carbonyl (C=O) groups is 2. The summed E-state index contributed by atoms with van der Waals surface area (Å²) >= 11 is 1.31. The quantitative estimate of drug-likeness (QED) is 0.937. The van der Waals surface area contributed by atoms with Crippen molar-refractivity contribution in [2.75, 3.05) is 18.9 Å². The van der Waals surface area contributed by atoms with Crippen LogP contribution in [0.5, 0.6) is 0 Å². The van der Waals surface area contributed by atoms with Gasteiger partial charge in [0.2, 0.25) is 5.91 Å². The number of halogens is 1. The molecule has 104 valence electrons. The highest BCUT2D eigenvalue weighted by atomic mass is 32.1. The molecular weight excluding hydrogens is 281 g/mol. The highest BCUT2D eigenvalue weighted by Crippen LogP contribution is 2.09. The van der Waals surface area contributed by atoms with Crippen LogP contribution in [-0.2, 0) is 4.79 Å². The number of carbonyl (C=O) groups excluding carboxylic acids is 2. The van der Waals surface area contributed by atoms with Crippen molar-refractivity contribution in [1.29, 1.82) is 0 Å². The predicted octanol–water partition coefficient (Wildman–Crippen LogP) is 1.99. The fourth-order valence-electron chi connectivity index (χ4n) is 1.53. The summed E-state index contributed by atoms with van der Waals surface area (Å²) < 4.78 is 12.7. The molecule has 0 aliphatic heterocycles. The summed E-state index contributed by atoms with van der Waals surface area (Å²) in [6.45, 7) is -0.103. The van der Waals surface area contributed by atoms with Gasteiger partial charge in [0.15, 0.2) is 0 Å². The summed E-state index contributed by atoms with van der Waals surface area (Å²) in [7, 11) is 1.52. The standard InChI is InChI=1S/C13H12FN3O2S/c1-17(13(19)11-7-20-8-15-11)6-12(18)16-10-4-2-9(14)3-5-10/h2-5,7-8H,6H2,1H3,(H,16,18). The number of amides is 2. The molecule has 0 fully saturated rings. The molecule has 1 N–H and O–H groups in total. The first-order valence-electron chi connectivity index (χ1n) is 5.75. The molecule has 5 nitrogen and oxygen atoms in total. The van der Waals surface area contributed by atoms with Crippen LogP contribution < -0.4 is 5.32 Å². The van der Waals surface area contributed by atoms with Crippen molar-refractivity contribution in [2.24, 2.45) is 0 Å². The van der Waals surface area contributed by atoms with E-state index in [1.807, 2.05) is 0 Å². The first kappa shape index (κ1) is 14.1. The van der Waals surface area contributed by atoms with Gasteiger partial charge in [-0.05, 0) is 24.3 Å². The Morgan fingerprint density at radius 3 is 2.65 bits per heavy atom. The number of anilines is 1. The average Bonchev–Trinajstić information content (AvgIpc) is 2.94. The minimum atomic E-state index is -0.376. The van der Waals surface area contributed by atoms with Gasteiger partial charge < -0.3 is 10.2 Å². The van der Waals surface area contributed by atoms with Crippen molar-refractivity contribution < 1.29 is 14.0 Å². The van der Waals surface area contributed by atoms with E-state index in [1.165, 1.54) is 47.5 Å². The van der Waals surface area contributed by atoms with Gasteiger partial charge in [0.25, 0.3) is 5.91 Å². The number of benzene rings is 1. The third-order valence-electron chi connectivity index (χ3n) is 2.51. The van der Waals surface area contributed by atoms with E-state index in [-0.39, 0.29) is 24.2 Å². The fraction of sp³-hybridized carbons (Fsp3) is 0.154. The molecule has 0 spiro atoms. The molecule has 0 unspecified atom stereocenters. The van der Waals surface area contributed by atoms with Crippen LogP contribution in [-0.4, -0.2) is 35.3 Å². The number of aromatic nitrogens is 1. The Balaban J connectivity index is 1.91. The van der Waals surface area contributed by atoms with Crippen molar-refractivity contribution >= 4 is 28.8 Å². The van der Waals surface area contributed by atoms with Crippen molar-refractivity contribution in [3.8, 4) is 0 Å². The highest BCUT2D eigenvalue weighted by Gasteiger charge is 2.16. The summed E-state index contributed by atoms with van der Waals surface area (Å²) in [5.74, 6) is -1.05. The van der Waals surface area contributed by atoms with Gasteiger partial charge in [0, 0.05) is 18.1 Å². The highest BCUT2D eigenvalue weighted by molar-refractivity contribution is 7.07. The maximum absolute atomic E-state index is 12.7. The first-order chi connectivity index (χ1) is 9.56. The van der Waals surface area contributed by atoms with Gasteiger partial charge in [-0.3, -0.25) is 9.59 Å². The number of thiazole rings is 1. The molecule has 2 amide bonds. The lowest BCUT2D eigenvalue weighted by Gasteiger charge is -2.15. The number of rotatable bonds is 4. The molecule has 0 saturated carbocycles. The van der Waals surface area contributed by atoms with Crippen molar-refractivity contribution in [3.63, 3.8) is 0 Å². The molecule has 1 aromatic carbocycles. The molecule has 0 saturated heterocycles. The van der Waals surface area contributed by atoms with E-state index in [0.717, 1.165) is 0 Å². The van der Waals surface area contributed by atoms with Crippen LogP contribution in [0.2, 0.25) is 0 Å². The molecule has 20 heavy (non-hydrogen) atoms. The van der Waals surface area contributed by atoms with E-state index >= 15 is 0 Å². The largest absolute Gasteiger partial charge is 0.331 e. The third-order valence-corrected chi connectivity index (χ3v) is 3.09. The molecule has 1 heterocycles. The monoisotopic (exact) mass is 293 g/mol. The molecule has 1 aromatic heterocycles. The zero-order chi connectivity index (χ0) is 14.5. The predicted molar refractivity (Wildman–Crippen MR) is 74.1 cm³/mol. The summed E-state index contributed by atoms with van der Waals surface area (Å²) in [5.41, 5.74) is 2.35. The van der Waals surface area contributed by atoms with Crippen molar-refractivity contribution in [2.45, 2.75) is 0 Å². The van der Waals surface area contributed by atoms with E-state index < -0.39 is 0 Å². The van der Waals surface area contributed by atoms with Crippen LogP contribution in [0.1, 0.15) is 10.5 Å². The topological polar surface area (TPSA) is 62.3 Å². The maximum atomic E-state index is 12.7. The molecular formula is C13H12FN3O2S. The molecule has 7 heteroatoms. The van der Waals surface area contributed by atoms with E-state index in [0.29, 0.717) is 11.4 Å². The average molecular weight is 293 g/mol. The van der Waals surface area contributed by atoms with Gasteiger partial charge in [-0.25, -0.2) is 9.37 Å². The molecule has 2 rings (SSSR count). The van der Waals surface area contributed by atoms with Crippen molar-refractivity contribution in [1.82, 2.24) is 9.88 Å². The number of nitrogens with one attached hydrogen (secondary N) is 1. The molecule has 0 aliphatic carbocycles. The van der Waals surface area contributed by atoms with Crippen LogP contribution in [0.15, 0.2) is 35.2 Å². The van der Waals surface area contributed by atoms with Gasteiger partial charge in [-0.2, -0.15) is 0 Å². The second-order valence-corrected chi connectivity index (χ2v) is 4.81. The Morgan fingerprint density at radius 1 is 1.35 bits per heavy atom. The molecule has 0 bridgehead atoms. The van der Waals surface area contributed by atoms with Gasteiger partial charge >= 0.3 is 0 Å². The summed E-state index contributed by atoms with van der Waals surface area (Å²) in [4.78, 5) is 28.8. The van der Waals surface area contributed by atoms with Crippen LogP contribution in [0, 0.1) is 5.82 Å². The van der Waals surface area contributed by atoms with Crippen LogP contribution in [0.4, 0.5) is 10.1 Å². The number of nitrogens with zero attached hydrogens (tertiary/aromatic N) is 2. The number of likely N-dealkylation sites (N-methyl/N-ethyl adjacent to an activating group) is 1. The minimum absolute atomic E-state index is 0.103. The Bertz CT molecular complexity index is 599. The van der Waals surface area contributed by atoms with Crippen LogP contribution in [0.25, 0.3) is 0 Å². The Morgan fingerprint density at radius 2 is 2.05 bits per heavy atom. The molecule has 0 radical (unpaired) electrons. The van der Waals surface area contributed by atoms with Gasteiger partial charge in [0.1, 0.15) is 11.5 Å². The summed E-state index contributed by atoms with van der Waals surface area (Å²) in [6.07, 6.45) is 0. The summed E-state index contributed by atoms with van der Waals surface area (Å²) in [6, 6.07) is 5.41. The molecule has 2 aromatic rings. The van der Waals surface area contributed by atoms with E-state index in [1.54, 1.807) is 10.9 Å². The normalized spacial score (nSPS) is 10.1. The van der Waals surface area contributed by atoms with Gasteiger partial charge in [0.05, 0.1) is 12.1 Å². The number of hydrogen-bond acceptors (Lipinski definition) is 4. The maximum Gasteiger partial charge on any atom is 0.273 e. The minimum Gasteiger partial charge on any atom is -0.331 e. The van der Waals surface area contributed by atoms with Crippen LogP contribution in [0.3, 0.4) is 0 Å². The van der Waals surface area contributed by atoms with Crippen molar-refractivity contribution in [3.05, 3.63) is 46.7 Å². The lowest BCUT2D eigenvalue weighted by molar-refractivity contribution is -0.116. The lowest BCUT2D eigenvalue weighted by atomic mass is 10.3. The zero-order valence-electron chi connectivity index (χ0n) is 10.7. The second kappa shape index (κ2) is 6.25. The molecule has 0 aliphatic rings. The van der Waals surface area contributed by atoms with E-state index in [4.69, 9.17) is 0 Å². The number of hydrogen-bond donors (Lipinski definition) is 1. The van der Waals surface area contributed by atoms with Gasteiger partial charge in [-0.1, -0.05) is 0 Å². The Kier molecular flexibility index (Phi) is 4.41. The van der Waals surface area contributed by atoms with E-state index in [9.17, 15) is 14.0 Å². The van der Waals surface area contributed by atoms with E-state index in [2.05, 4.69) is 10.3 Å². The lowest BCUT2D eigenvalue weighted by Crippen LogP contribution is -2.35. The smallest absolute Gasteiger partial charge is 0.273 e. The summed E-state index contributed by atoms with van der Waals surface area (Å²) in [5, 5.41) is 4.20. The SMILES string of the molecule is CN(CC(=O)Nc1ccc(F)cc1)C(=O)c1cscn1. The first-order valence-corrected chi connectivity index (χ1v) is 6.69. The second-order valence-electron chi connectivity index (χ2n) is 4.09. The zero-order valence-corrected chi connectivity index (χ0v) is 11.5. The molecule has 0 atom stereocenters. The Labute approximate surface area is 119 Å². The Hall–Kier alpha value is -2.28. The van der Waals surface area contributed by atoms with Crippen LogP contribution >= 0.6 is 11.3 Å². The van der Waals surface area contributed by atoms with Gasteiger partial charge in [-0.15, -0.1) is 11.3 Å². The third kappa shape index (κ3) is 3.61.